The fourth-order valence-electron chi connectivity index (χ4n) is 1.25. The Hall–Kier alpha value is -1.05. The van der Waals surface area contributed by atoms with E-state index in [9.17, 15) is 0 Å². The van der Waals surface area contributed by atoms with E-state index in [1.807, 2.05) is 6.92 Å². The van der Waals surface area contributed by atoms with Gasteiger partial charge in [-0.05, 0) is 25.8 Å². The van der Waals surface area contributed by atoms with Gasteiger partial charge in [0.25, 0.3) is 0 Å². The molecule has 72 valence electrons. The summed E-state index contributed by atoms with van der Waals surface area (Å²) in [5.74, 6) is 0.758. The molecule has 1 rings (SSSR count). The fourth-order valence-corrected chi connectivity index (χ4v) is 1.25. The Balaban J connectivity index is 2.74. The molecule has 0 saturated carbocycles. The van der Waals surface area contributed by atoms with Gasteiger partial charge in [0.15, 0.2) is 0 Å². The minimum atomic E-state index is 0.758. The predicted molar refractivity (Wildman–Crippen MR) is 54.1 cm³/mol. The first-order valence-electron chi connectivity index (χ1n) is 4.78. The van der Waals surface area contributed by atoms with Crippen LogP contribution in [0.25, 0.3) is 0 Å². The molecule has 0 fully saturated rings. The van der Waals surface area contributed by atoms with Gasteiger partial charge in [-0.3, -0.25) is 0 Å². The van der Waals surface area contributed by atoms with Gasteiger partial charge in [-0.2, -0.15) is 0 Å². The van der Waals surface area contributed by atoms with Gasteiger partial charge in [-0.25, -0.2) is 4.98 Å². The summed E-state index contributed by atoms with van der Waals surface area (Å²) in [5.41, 5.74) is 2.23. The lowest BCUT2D eigenvalue weighted by molar-refractivity contribution is 0.392. The number of ether oxygens (including phenoxy) is 1. The quantitative estimate of drug-likeness (QED) is 0.709. The van der Waals surface area contributed by atoms with E-state index in [1.165, 1.54) is 12.8 Å². The molecule has 0 aromatic carbocycles. The zero-order valence-corrected chi connectivity index (χ0v) is 8.63. The molecule has 0 spiro atoms. The van der Waals surface area contributed by atoms with E-state index in [2.05, 4.69) is 24.0 Å². The second-order valence-electron chi connectivity index (χ2n) is 3.23. The second kappa shape index (κ2) is 4.85. The maximum atomic E-state index is 5.15. The molecule has 0 aliphatic rings. The van der Waals surface area contributed by atoms with Crippen molar-refractivity contribution in [2.24, 2.45) is 0 Å². The number of hydrogen-bond donors (Lipinski definition) is 0. The molecule has 0 aliphatic carbocycles. The van der Waals surface area contributed by atoms with Crippen LogP contribution < -0.4 is 4.74 Å². The van der Waals surface area contributed by atoms with E-state index in [0.717, 1.165) is 23.6 Å². The van der Waals surface area contributed by atoms with Gasteiger partial charge in [0.1, 0.15) is 0 Å². The van der Waals surface area contributed by atoms with Crippen LogP contribution in [0, 0.1) is 6.92 Å². The molecule has 0 saturated heterocycles. The average Bonchev–Trinajstić information content (AvgIpc) is 2.16. The van der Waals surface area contributed by atoms with Crippen molar-refractivity contribution in [2.45, 2.75) is 33.1 Å². The molecule has 2 nitrogen and oxygen atoms in total. The smallest absolute Gasteiger partial charge is 0.216 e. The summed E-state index contributed by atoms with van der Waals surface area (Å²) in [5, 5.41) is 0. The number of pyridine rings is 1. The number of hydrogen-bond acceptors (Lipinski definition) is 2. The summed E-state index contributed by atoms with van der Waals surface area (Å²) >= 11 is 0. The van der Waals surface area contributed by atoms with Crippen molar-refractivity contribution < 1.29 is 4.74 Å². The Morgan fingerprint density at radius 2 is 2.15 bits per heavy atom. The van der Waals surface area contributed by atoms with Gasteiger partial charge in [0.05, 0.1) is 7.11 Å². The van der Waals surface area contributed by atoms with E-state index in [0.29, 0.717) is 0 Å². The molecule has 0 radical (unpaired) electrons. The van der Waals surface area contributed by atoms with E-state index >= 15 is 0 Å². The Labute approximate surface area is 80.0 Å². The Bertz CT molecular complexity index is 271. The lowest BCUT2D eigenvalue weighted by Crippen LogP contribution is -1.96. The number of nitrogens with zero attached hydrogens (tertiary/aromatic N) is 1. The lowest BCUT2D eigenvalue weighted by atomic mass is 10.1. The number of rotatable bonds is 4. The largest absolute Gasteiger partial charge is 0.481 e. The number of aryl methyl sites for hydroxylation is 2. The van der Waals surface area contributed by atoms with Crippen molar-refractivity contribution in [1.82, 2.24) is 4.98 Å². The molecule has 0 aliphatic heterocycles. The highest BCUT2D eigenvalue weighted by molar-refractivity contribution is 5.26. The number of methoxy groups -OCH3 is 1. The highest BCUT2D eigenvalue weighted by Crippen LogP contribution is 2.15. The fraction of sp³-hybridized carbons (Fsp3) is 0.545. The molecular weight excluding hydrogens is 162 g/mol. The van der Waals surface area contributed by atoms with Gasteiger partial charge in [0, 0.05) is 11.3 Å². The van der Waals surface area contributed by atoms with Crippen LogP contribution in [-0.2, 0) is 6.42 Å². The Morgan fingerprint density at radius 3 is 2.77 bits per heavy atom. The SMILES string of the molecule is CCCCc1ccc(C)c(OC)n1. The maximum Gasteiger partial charge on any atom is 0.216 e. The van der Waals surface area contributed by atoms with Crippen LogP contribution in [0.5, 0.6) is 5.88 Å². The van der Waals surface area contributed by atoms with Crippen molar-refractivity contribution in [1.29, 1.82) is 0 Å². The first-order valence-corrected chi connectivity index (χ1v) is 4.78. The summed E-state index contributed by atoms with van der Waals surface area (Å²) in [7, 11) is 1.67. The lowest BCUT2D eigenvalue weighted by Gasteiger charge is -2.05. The van der Waals surface area contributed by atoms with Crippen LogP contribution >= 0.6 is 0 Å². The summed E-state index contributed by atoms with van der Waals surface area (Å²) in [4.78, 5) is 4.41. The first kappa shape index (κ1) is 10.0. The topological polar surface area (TPSA) is 22.1 Å². The minimum absolute atomic E-state index is 0.758. The van der Waals surface area contributed by atoms with Crippen LogP contribution in [0.15, 0.2) is 12.1 Å². The van der Waals surface area contributed by atoms with Gasteiger partial charge in [-0.15, -0.1) is 0 Å². The third-order valence-electron chi connectivity index (χ3n) is 2.09. The first-order chi connectivity index (χ1) is 6.27. The highest BCUT2D eigenvalue weighted by Gasteiger charge is 2.01. The van der Waals surface area contributed by atoms with Crippen LogP contribution in [0.3, 0.4) is 0 Å². The minimum Gasteiger partial charge on any atom is -0.481 e. The third-order valence-corrected chi connectivity index (χ3v) is 2.09. The molecule has 0 unspecified atom stereocenters. The van der Waals surface area contributed by atoms with Crippen molar-refractivity contribution in [2.75, 3.05) is 7.11 Å². The Kier molecular flexibility index (Phi) is 3.74. The molecule has 0 N–H and O–H groups in total. The molecule has 0 bridgehead atoms. The molecule has 13 heavy (non-hydrogen) atoms. The molecule has 1 heterocycles. The van der Waals surface area contributed by atoms with Crippen molar-refractivity contribution >= 4 is 0 Å². The zero-order chi connectivity index (χ0) is 9.68. The van der Waals surface area contributed by atoms with Gasteiger partial charge in [0.2, 0.25) is 5.88 Å². The summed E-state index contributed by atoms with van der Waals surface area (Å²) in [6, 6.07) is 4.14. The molecule has 1 aromatic rings. The van der Waals surface area contributed by atoms with Crippen LogP contribution in [-0.4, -0.2) is 12.1 Å². The Morgan fingerprint density at radius 1 is 1.38 bits per heavy atom. The van der Waals surface area contributed by atoms with Crippen molar-refractivity contribution in [3.8, 4) is 5.88 Å². The van der Waals surface area contributed by atoms with Crippen LogP contribution in [0.2, 0.25) is 0 Å². The van der Waals surface area contributed by atoms with E-state index in [1.54, 1.807) is 7.11 Å². The van der Waals surface area contributed by atoms with E-state index in [4.69, 9.17) is 4.74 Å². The molecule has 1 aromatic heterocycles. The van der Waals surface area contributed by atoms with Crippen molar-refractivity contribution in [3.05, 3.63) is 23.4 Å². The van der Waals surface area contributed by atoms with Crippen LogP contribution in [0.1, 0.15) is 31.0 Å². The van der Waals surface area contributed by atoms with E-state index in [-0.39, 0.29) is 0 Å². The number of aromatic nitrogens is 1. The number of unbranched alkanes of at least 4 members (excludes halogenated alkanes) is 1. The zero-order valence-electron chi connectivity index (χ0n) is 8.63. The summed E-state index contributed by atoms with van der Waals surface area (Å²) < 4.78 is 5.15. The average molecular weight is 179 g/mol. The van der Waals surface area contributed by atoms with Gasteiger partial charge >= 0.3 is 0 Å². The summed E-state index contributed by atoms with van der Waals surface area (Å²) in [6.45, 7) is 4.20. The third kappa shape index (κ3) is 2.72. The second-order valence-corrected chi connectivity index (χ2v) is 3.23. The van der Waals surface area contributed by atoms with Crippen molar-refractivity contribution in [3.63, 3.8) is 0 Å². The highest BCUT2D eigenvalue weighted by atomic mass is 16.5. The van der Waals surface area contributed by atoms with Gasteiger partial charge < -0.3 is 4.74 Å². The maximum absolute atomic E-state index is 5.15. The predicted octanol–water partition coefficient (Wildman–Crippen LogP) is 2.74. The standard InChI is InChI=1S/C11H17NO/c1-4-5-6-10-8-7-9(2)11(12-10)13-3/h7-8H,4-6H2,1-3H3. The molecule has 0 atom stereocenters. The van der Waals surface area contributed by atoms with E-state index < -0.39 is 0 Å². The molecule has 2 heteroatoms. The normalized spacial score (nSPS) is 10.1. The summed E-state index contributed by atoms with van der Waals surface area (Å²) in [6.07, 6.45) is 3.45. The molecular formula is C11H17NO. The van der Waals surface area contributed by atoms with Crippen LogP contribution in [0.4, 0.5) is 0 Å². The molecule has 0 amide bonds. The van der Waals surface area contributed by atoms with Gasteiger partial charge in [-0.1, -0.05) is 19.4 Å². The monoisotopic (exact) mass is 179 g/mol.